The highest BCUT2D eigenvalue weighted by molar-refractivity contribution is 7.92. The summed E-state index contributed by atoms with van der Waals surface area (Å²) in [6.45, 7) is 1.37. The molecule has 9 heteroatoms. The Labute approximate surface area is 149 Å². The first-order chi connectivity index (χ1) is 11.6. The molecule has 0 radical (unpaired) electrons. The van der Waals surface area contributed by atoms with Crippen LogP contribution < -0.4 is 9.62 Å². The molecule has 0 saturated heterocycles. The van der Waals surface area contributed by atoms with E-state index in [-0.39, 0.29) is 11.4 Å². The molecule has 2 rings (SSSR count). The predicted octanol–water partition coefficient (Wildman–Crippen LogP) is 3.41. The van der Waals surface area contributed by atoms with Gasteiger partial charge in [-0.3, -0.25) is 9.10 Å². The van der Waals surface area contributed by atoms with Crippen LogP contribution in [0.3, 0.4) is 0 Å². The maximum absolute atomic E-state index is 13.2. The molecule has 0 bridgehead atoms. The number of carbonyl (C=O) groups is 1. The van der Waals surface area contributed by atoms with Crippen LogP contribution in [0, 0.1) is 11.6 Å². The van der Waals surface area contributed by atoms with Crippen LogP contribution in [0.1, 0.15) is 6.92 Å². The Kier molecular flexibility index (Phi) is 5.64. The SMILES string of the molecule is C[C@@H](C(=O)Nc1ccc(F)c(F)c1)N(c1cccc(Cl)c1)S(C)(=O)=O. The van der Waals surface area contributed by atoms with Gasteiger partial charge in [0.2, 0.25) is 15.9 Å². The van der Waals surface area contributed by atoms with Crippen molar-refractivity contribution >= 4 is 38.9 Å². The molecular weight excluding hydrogens is 374 g/mol. The molecule has 2 aromatic rings. The van der Waals surface area contributed by atoms with E-state index in [0.717, 1.165) is 22.7 Å². The van der Waals surface area contributed by atoms with Gasteiger partial charge in [0.15, 0.2) is 11.6 Å². The normalized spacial score (nSPS) is 12.5. The van der Waals surface area contributed by atoms with Gasteiger partial charge in [-0.1, -0.05) is 17.7 Å². The molecule has 0 saturated carbocycles. The minimum Gasteiger partial charge on any atom is -0.324 e. The maximum atomic E-state index is 13.2. The average Bonchev–Trinajstić information content (AvgIpc) is 2.49. The van der Waals surface area contributed by atoms with Gasteiger partial charge in [-0.2, -0.15) is 0 Å². The molecule has 0 aliphatic heterocycles. The van der Waals surface area contributed by atoms with Crippen LogP contribution in [-0.4, -0.2) is 26.6 Å². The quantitative estimate of drug-likeness (QED) is 0.853. The predicted molar refractivity (Wildman–Crippen MR) is 93.2 cm³/mol. The van der Waals surface area contributed by atoms with E-state index in [2.05, 4.69) is 5.32 Å². The lowest BCUT2D eigenvalue weighted by Crippen LogP contribution is -2.45. The second-order valence-corrected chi connectivity index (χ2v) is 7.63. The van der Waals surface area contributed by atoms with E-state index in [1.54, 1.807) is 12.1 Å². The fraction of sp³-hybridized carbons (Fsp3) is 0.188. The molecule has 2 aromatic carbocycles. The zero-order chi connectivity index (χ0) is 18.8. The minimum absolute atomic E-state index is 0.00953. The van der Waals surface area contributed by atoms with Crippen LogP contribution in [0.5, 0.6) is 0 Å². The van der Waals surface area contributed by atoms with Gasteiger partial charge in [-0.05, 0) is 37.3 Å². The summed E-state index contributed by atoms with van der Waals surface area (Å²) in [5.74, 6) is -2.89. The number of halogens is 3. The minimum atomic E-state index is -3.81. The van der Waals surface area contributed by atoms with E-state index in [4.69, 9.17) is 11.6 Å². The van der Waals surface area contributed by atoms with Crippen molar-refractivity contribution in [2.75, 3.05) is 15.9 Å². The van der Waals surface area contributed by atoms with Crippen molar-refractivity contribution in [1.82, 2.24) is 0 Å². The average molecular weight is 389 g/mol. The van der Waals surface area contributed by atoms with Crippen molar-refractivity contribution in [3.8, 4) is 0 Å². The molecule has 0 aromatic heterocycles. The largest absolute Gasteiger partial charge is 0.324 e. The lowest BCUT2D eigenvalue weighted by Gasteiger charge is -2.28. The first-order valence-corrected chi connectivity index (χ1v) is 9.33. The number of anilines is 2. The van der Waals surface area contributed by atoms with Gasteiger partial charge in [-0.25, -0.2) is 17.2 Å². The number of nitrogens with zero attached hydrogens (tertiary/aromatic N) is 1. The number of rotatable bonds is 5. The topological polar surface area (TPSA) is 66.5 Å². The first-order valence-electron chi connectivity index (χ1n) is 7.10. The van der Waals surface area contributed by atoms with Gasteiger partial charge in [0.1, 0.15) is 6.04 Å². The molecule has 25 heavy (non-hydrogen) atoms. The third-order valence-electron chi connectivity index (χ3n) is 3.34. The first kappa shape index (κ1) is 19.1. The molecule has 0 unspecified atom stereocenters. The molecule has 0 aliphatic carbocycles. The lowest BCUT2D eigenvalue weighted by atomic mass is 10.2. The number of sulfonamides is 1. The summed E-state index contributed by atoms with van der Waals surface area (Å²) in [7, 11) is -3.81. The third kappa shape index (κ3) is 4.67. The summed E-state index contributed by atoms with van der Waals surface area (Å²) in [5.41, 5.74) is 0.221. The Morgan fingerprint density at radius 3 is 2.40 bits per heavy atom. The summed E-state index contributed by atoms with van der Waals surface area (Å²) in [5, 5.41) is 2.67. The van der Waals surface area contributed by atoms with Crippen LogP contribution in [0.15, 0.2) is 42.5 Å². The van der Waals surface area contributed by atoms with Gasteiger partial charge in [-0.15, -0.1) is 0 Å². The van der Waals surface area contributed by atoms with Crippen LogP contribution in [0.25, 0.3) is 0 Å². The van der Waals surface area contributed by atoms with Crippen molar-refractivity contribution in [3.63, 3.8) is 0 Å². The zero-order valence-corrected chi connectivity index (χ0v) is 14.9. The van der Waals surface area contributed by atoms with Gasteiger partial charge in [0.25, 0.3) is 0 Å². The van der Waals surface area contributed by atoms with Crippen LogP contribution in [-0.2, 0) is 14.8 Å². The summed E-state index contributed by atoms with van der Waals surface area (Å²) < 4.78 is 51.4. The monoisotopic (exact) mass is 388 g/mol. The third-order valence-corrected chi connectivity index (χ3v) is 4.82. The Bertz CT molecular complexity index is 906. The summed E-state index contributed by atoms with van der Waals surface area (Å²) >= 11 is 5.89. The van der Waals surface area contributed by atoms with Gasteiger partial charge in [0, 0.05) is 16.8 Å². The van der Waals surface area contributed by atoms with E-state index < -0.39 is 33.6 Å². The Morgan fingerprint density at radius 2 is 1.84 bits per heavy atom. The second kappa shape index (κ2) is 7.37. The standard InChI is InChI=1S/C16H15ClF2N2O3S/c1-10(16(22)20-12-6-7-14(18)15(19)9-12)21(25(2,23)24)13-5-3-4-11(17)8-13/h3-10H,1-2H3,(H,20,22)/t10-/m0/s1. The molecule has 134 valence electrons. The molecule has 1 N–H and O–H groups in total. The van der Waals surface area contributed by atoms with Crippen molar-refractivity contribution in [2.45, 2.75) is 13.0 Å². The molecule has 0 aliphatic rings. The molecule has 1 atom stereocenters. The highest BCUT2D eigenvalue weighted by Gasteiger charge is 2.29. The smallest absolute Gasteiger partial charge is 0.247 e. The number of benzene rings is 2. The van der Waals surface area contributed by atoms with E-state index in [9.17, 15) is 22.0 Å². The lowest BCUT2D eigenvalue weighted by molar-refractivity contribution is -0.116. The Balaban J connectivity index is 2.31. The summed E-state index contributed by atoms with van der Waals surface area (Å²) in [6.07, 6.45) is 0.954. The highest BCUT2D eigenvalue weighted by Crippen LogP contribution is 2.25. The highest BCUT2D eigenvalue weighted by atomic mass is 35.5. The molecule has 0 fully saturated rings. The molecular formula is C16H15ClF2N2O3S. The zero-order valence-electron chi connectivity index (χ0n) is 13.3. The van der Waals surface area contributed by atoms with Crippen molar-refractivity contribution in [2.24, 2.45) is 0 Å². The Hall–Kier alpha value is -2.19. The van der Waals surface area contributed by atoms with Crippen LogP contribution in [0.4, 0.5) is 20.2 Å². The van der Waals surface area contributed by atoms with E-state index in [1.165, 1.54) is 25.1 Å². The number of hydrogen-bond acceptors (Lipinski definition) is 3. The fourth-order valence-corrected chi connectivity index (χ4v) is 3.59. The van der Waals surface area contributed by atoms with Crippen molar-refractivity contribution < 1.29 is 22.0 Å². The molecule has 1 amide bonds. The van der Waals surface area contributed by atoms with Gasteiger partial charge in [0.05, 0.1) is 11.9 Å². The number of carbonyl (C=O) groups excluding carboxylic acids is 1. The van der Waals surface area contributed by atoms with Gasteiger partial charge < -0.3 is 5.32 Å². The Morgan fingerprint density at radius 1 is 1.16 bits per heavy atom. The van der Waals surface area contributed by atoms with Crippen LogP contribution >= 0.6 is 11.6 Å². The number of nitrogens with one attached hydrogen (secondary N) is 1. The van der Waals surface area contributed by atoms with Crippen molar-refractivity contribution in [3.05, 3.63) is 59.1 Å². The van der Waals surface area contributed by atoms with Crippen molar-refractivity contribution in [1.29, 1.82) is 0 Å². The summed E-state index contributed by atoms with van der Waals surface area (Å²) in [4.78, 5) is 12.4. The van der Waals surface area contributed by atoms with Gasteiger partial charge >= 0.3 is 0 Å². The number of amides is 1. The van der Waals surface area contributed by atoms with Crippen LogP contribution in [0.2, 0.25) is 5.02 Å². The van der Waals surface area contributed by atoms with E-state index >= 15 is 0 Å². The molecule has 0 spiro atoms. The maximum Gasteiger partial charge on any atom is 0.247 e. The second-order valence-electron chi connectivity index (χ2n) is 5.33. The number of hydrogen-bond donors (Lipinski definition) is 1. The summed E-state index contributed by atoms with van der Waals surface area (Å²) in [6, 6.07) is 7.71. The fourth-order valence-electron chi connectivity index (χ4n) is 2.24. The molecule has 0 heterocycles. The van der Waals surface area contributed by atoms with E-state index in [1.807, 2.05) is 0 Å². The van der Waals surface area contributed by atoms with E-state index in [0.29, 0.717) is 5.02 Å². The molecule has 5 nitrogen and oxygen atoms in total.